The van der Waals surface area contributed by atoms with E-state index >= 15 is 0 Å². The van der Waals surface area contributed by atoms with Gasteiger partial charge in [0.05, 0.1) is 0 Å². The monoisotopic (exact) mass is 352 g/mol. The van der Waals surface area contributed by atoms with Crippen molar-refractivity contribution in [3.05, 3.63) is 65.2 Å². The van der Waals surface area contributed by atoms with Crippen LogP contribution in [0.4, 0.5) is 5.69 Å². The maximum atomic E-state index is 10.7. The van der Waals surface area contributed by atoms with Crippen molar-refractivity contribution in [1.29, 1.82) is 0 Å². The van der Waals surface area contributed by atoms with E-state index in [1.165, 1.54) is 24.0 Å². The highest BCUT2D eigenvalue weighted by molar-refractivity contribution is 5.67. The number of carboxylic acids is 1. The summed E-state index contributed by atoms with van der Waals surface area (Å²) in [6.45, 7) is 2.19. The Morgan fingerprint density at radius 1 is 1.23 bits per heavy atom. The van der Waals surface area contributed by atoms with Gasteiger partial charge in [0.1, 0.15) is 0 Å². The van der Waals surface area contributed by atoms with Crippen molar-refractivity contribution in [2.75, 3.05) is 5.73 Å². The standard InChI is InChI=1S/C22H28N2O2/c1-15(18-3-2-4-20(23)13-18)24-21-11-10-19(14-21)17-8-5-16(6-9-17)7-12-22(25)26/h2-6,8-9,13,15,19,21,24H,7,10-12,14,23H2,1H3,(H,25,26)/t15-,19+,21+/m1/s1. The summed E-state index contributed by atoms with van der Waals surface area (Å²) in [7, 11) is 0. The van der Waals surface area contributed by atoms with Gasteiger partial charge < -0.3 is 16.2 Å². The molecule has 3 atom stereocenters. The van der Waals surface area contributed by atoms with Gasteiger partial charge in [-0.1, -0.05) is 36.4 Å². The fourth-order valence-electron chi connectivity index (χ4n) is 3.92. The maximum Gasteiger partial charge on any atom is 0.303 e. The van der Waals surface area contributed by atoms with E-state index < -0.39 is 5.97 Å². The topological polar surface area (TPSA) is 75.3 Å². The first-order valence-electron chi connectivity index (χ1n) is 9.43. The lowest BCUT2D eigenvalue weighted by Crippen LogP contribution is -2.29. The number of nitrogens with two attached hydrogens (primary N) is 1. The number of nitrogens with one attached hydrogen (secondary N) is 1. The van der Waals surface area contributed by atoms with Gasteiger partial charge in [-0.05, 0) is 67.3 Å². The minimum Gasteiger partial charge on any atom is -0.481 e. The molecule has 1 fully saturated rings. The number of hydrogen-bond donors (Lipinski definition) is 3. The molecule has 0 saturated heterocycles. The fourth-order valence-corrected chi connectivity index (χ4v) is 3.92. The molecule has 0 spiro atoms. The lowest BCUT2D eigenvalue weighted by Gasteiger charge is -2.20. The number of carbonyl (C=O) groups is 1. The quantitative estimate of drug-likeness (QED) is 0.650. The molecule has 138 valence electrons. The summed E-state index contributed by atoms with van der Waals surface area (Å²) >= 11 is 0. The van der Waals surface area contributed by atoms with Crippen molar-refractivity contribution in [1.82, 2.24) is 5.32 Å². The van der Waals surface area contributed by atoms with Crippen molar-refractivity contribution in [2.45, 2.75) is 57.0 Å². The molecule has 1 aliphatic carbocycles. The lowest BCUT2D eigenvalue weighted by atomic mass is 9.95. The van der Waals surface area contributed by atoms with Crippen LogP contribution in [0.3, 0.4) is 0 Å². The summed E-state index contributed by atoms with van der Waals surface area (Å²) < 4.78 is 0. The van der Waals surface area contributed by atoms with Crippen molar-refractivity contribution >= 4 is 11.7 Å². The van der Waals surface area contributed by atoms with Crippen molar-refractivity contribution in [2.24, 2.45) is 0 Å². The first-order chi connectivity index (χ1) is 12.5. The van der Waals surface area contributed by atoms with Gasteiger partial charge in [0.15, 0.2) is 0 Å². The molecular formula is C22H28N2O2. The SMILES string of the molecule is C[C@@H](N[C@H]1CC[C@H](c2ccc(CCC(=O)O)cc2)C1)c1cccc(N)c1. The molecule has 4 nitrogen and oxygen atoms in total. The third kappa shape index (κ3) is 4.85. The molecule has 3 rings (SSSR count). The second-order valence-electron chi connectivity index (χ2n) is 7.40. The predicted molar refractivity (Wildman–Crippen MR) is 105 cm³/mol. The molecule has 4 heteroatoms. The highest BCUT2D eigenvalue weighted by Gasteiger charge is 2.26. The number of carboxylic acid groups (broad SMARTS) is 1. The molecular weight excluding hydrogens is 324 g/mol. The number of aryl methyl sites for hydroxylation is 1. The van der Waals surface area contributed by atoms with Crippen molar-refractivity contribution in [3.8, 4) is 0 Å². The Morgan fingerprint density at radius 2 is 2.00 bits per heavy atom. The third-order valence-corrected chi connectivity index (χ3v) is 5.41. The maximum absolute atomic E-state index is 10.7. The van der Waals surface area contributed by atoms with E-state index in [4.69, 9.17) is 10.8 Å². The molecule has 0 unspecified atom stereocenters. The van der Waals surface area contributed by atoms with E-state index in [9.17, 15) is 4.79 Å². The average Bonchev–Trinajstić information content (AvgIpc) is 3.09. The molecule has 2 aromatic rings. The molecule has 0 aromatic heterocycles. The third-order valence-electron chi connectivity index (χ3n) is 5.41. The van der Waals surface area contributed by atoms with Crippen LogP contribution in [0.1, 0.15) is 61.3 Å². The summed E-state index contributed by atoms with van der Waals surface area (Å²) in [5.41, 5.74) is 10.4. The Balaban J connectivity index is 1.54. The van der Waals surface area contributed by atoms with Gasteiger partial charge in [-0.15, -0.1) is 0 Å². The van der Waals surface area contributed by atoms with Crippen LogP contribution >= 0.6 is 0 Å². The van der Waals surface area contributed by atoms with Gasteiger partial charge in [-0.3, -0.25) is 4.79 Å². The minimum atomic E-state index is -0.743. The highest BCUT2D eigenvalue weighted by Crippen LogP contribution is 2.35. The summed E-state index contributed by atoms with van der Waals surface area (Å²) in [5.74, 6) is -0.165. The Morgan fingerprint density at radius 3 is 2.69 bits per heavy atom. The van der Waals surface area contributed by atoms with Gasteiger partial charge in [-0.2, -0.15) is 0 Å². The predicted octanol–water partition coefficient (Wildman–Crippen LogP) is 4.27. The van der Waals surface area contributed by atoms with Crippen LogP contribution in [0.25, 0.3) is 0 Å². The van der Waals surface area contributed by atoms with E-state index in [0.717, 1.165) is 17.7 Å². The van der Waals surface area contributed by atoms with Crippen LogP contribution < -0.4 is 11.1 Å². The number of aliphatic carboxylic acids is 1. The zero-order valence-corrected chi connectivity index (χ0v) is 15.3. The molecule has 26 heavy (non-hydrogen) atoms. The van der Waals surface area contributed by atoms with Gasteiger partial charge in [0, 0.05) is 24.2 Å². The zero-order valence-electron chi connectivity index (χ0n) is 15.3. The van der Waals surface area contributed by atoms with Crippen molar-refractivity contribution < 1.29 is 9.90 Å². The van der Waals surface area contributed by atoms with E-state index in [-0.39, 0.29) is 6.42 Å². The van der Waals surface area contributed by atoms with Crippen LogP contribution in [0.2, 0.25) is 0 Å². The number of benzene rings is 2. The molecule has 0 aliphatic heterocycles. The second kappa shape index (κ2) is 8.37. The summed E-state index contributed by atoms with van der Waals surface area (Å²) in [6.07, 6.45) is 4.30. The molecule has 4 N–H and O–H groups in total. The van der Waals surface area contributed by atoms with Crippen LogP contribution in [0.15, 0.2) is 48.5 Å². The molecule has 2 aromatic carbocycles. The van der Waals surface area contributed by atoms with Crippen LogP contribution in [-0.2, 0) is 11.2 Å². The second-order valence-corrected chi connectivity index (χ2v) is 7.40. The van der Waals surface area contributed by atoms with Gasteiger partial charge in [0.2, 0.25) is 0 Å². The van der Waals surface area contributed by atoms with Crippen LogP contribution in [0, 0.1) is 0 Å². The average molecular weight is 352 g/mol. The van der Waals surface area contributed by atoms with Gasteiger partial charge in [0.25, 0.3) is 0 Å². The normalized spacial score (nSPS) is 20.8. The van der Waals surface area contributed by atoms with Crippen LogP contribution in [0.5, 0.6) is 0 Å². The van der Waals surface area contributed by atoms with E-state index in [1.807, 2.05) is 18.2 Å². The molecule has 0 radical (unpaired) electrons. The molecule has 0 amide bonds. The Labute approximate surface area is 155 Å². The summed E-state index contributed by atoms with van der Waals surface area (Å²) in [5, 5.41) is 12.5. The minimum absolute atomic E-state index is 0.191. The number of rotatable bonds is 7. The fraction of sp³-hybridized carbons (Fsp3) is 0.409. The molecule has 1 saturated carbocycles. The first-order valence-corrected chi connectivity index (χ1v) is 9.43. The van der Waals surface area contributed by atoms with E-state index in [0.29, 0.717) is 24.4 Å². The van der Waals surface area contributed by atoms with E-state index in [1.54, 1.807) is 0 Å². The number of hydrogen-bond acceptors (Lipinski definition) is 3. The summed E-state index contributed by atoms with van der Waals surface area (Å²) in [6, 6.07) is 17.4. The highest BCUT2D eigenvalue weighted by atomic mass is 16.4. The summed E-state index contributed by atoms with van der Waals surface area (Å²) in [4.78, 5) is 10.7. The molecule has 0 heterocycles. The number of nitrogen functional groups attached to an aromatic ring is 1. The van der Waals surface area contributed by atoms with Gasteiger partial charge in [-0.25, -0.2) is 0 Å². The lowest BCUT2D eigenvalue weighted by molar-refractivity contribution is -0.136. The molecule has 0 bridgehead atoms. The first kappa shape index (κ1) is 18.5. The van der Waals surface area contributed by atoms with Crippen LogP contribution in [-0.4, -0.2) is 17.1 Å². The number of anilines is 1. The largest absolute Gasteiger partial charge is 0.481 e. The Hall–Kier alpha value is -2.33. The zero-order chi connectivity index (χ0) is 18.5. The Kier molecular flexibility index (Phi) is 5.94. The van der Waals surface area contributed by atoms with Gasteiger partial charge >= 0.3 is 5.97 Å². The van der Waals surface area contributed by atoms with E-state index in [2.05, 4.69) is 42.6 Å². The molecule has 1 aliphatic rings. The van der Waals surface area contributed by atoms with Crippen molar-refractivity contribution in [3.63, 3.8) is 0 Å². The Bertz CT molecular complexity index is 742. The smallest absolute Gasteiger partial charge is 0.303 e.